The maximum atomic E-state index is 12.1. The van der Waals surface area contributed by atoms with Crippen LogP contribution in [0.25, 0.3) is 22.0 Å². The van der Waals surface area contributed by atoms with Gasteiger partial charge in [-0.15, -0.1) is 0 Å². The van der Waals surface area contributed by atoms with E-state index in [1.54, 1.807) is 0 Å². The fourth-order valence-corrected chi connectivity index (χ4v) is 5.06. The number of aromatic nitrogens is 1. The molecule has 166 valence electrons. The van der Waals surface area contributed by atoms with Crippen molar-refractivity contribution in [3.63, 3.8) is 0 Å². The first-order valence-corrected chi connectivity index (χ1v) is 11.7. The first kappa shape index (κ1) is 21.1. The topological polar surface area (TPSA) is 51.7 Å². The van der Waals surface area contributed by atoms with Crippen LogP contribution < -0.4 is 0 Å². The number of amides is 1. The summed E-state index contributed by atoms with van der Waals surface area (Å²) in [5, 5.41) is 1.14. The van der Waals surface area contributed by atoms with Gasteiger partial charge in [0.15, 0.2) is 5.79 Å². The summed E-state index contributed by atoms with van der Waals surface area (Å²) < 4.78 is 12.8. The number of rotatable bonds is 4. The van der Waals surface area contributed by atoms with E-state index in [1.165, 1.54) is 0 Å². The maximum Gasteiger partial charge on any atom is 0.222 e. The molecule has 3 heterocycles. The summed E-state index contributed by atoms with van der Waals surface area (Å²) >= 11 is 0. The highest BCUT2D eigenvalue weighted by molar-refractivity contribution is 5.84. The van der Waals surface area contributed by atoms with Crippen molar-refractivity contribution in [3.05, 3.63) is 66.4 Å². The molecule has 0 radical (unpaired) electrons. The average Bonchev–Trinajstić information content (AvgIpc) is 2.88. The Balaban J connectivity index is 1.41. The van der Waals surface area contributed by atoms with Crippen LogP contribution in [0, 0.1) is 5.92 Å². The lowest BCUT2D eigenvalue weighted by Gasteiger charge is -2.46. The van der Waals surface area contributed by atoms with E-state index in [2.05, 4.69) is 53.5 Å². The molecule has 0 spiro atoms. The molecule has 0 N–H and O–H groups in total. The van der Waals surface area contributed by atoms with E-state index in [9.17, 15) is 4.79 Å². The van der Waals surface area contributed by atoms with Crippen LogP contribution in [-0.2, 0) is 20.1 Å². The lowest BCUT2D eigenvalue weighted by Crippen LogP contribution is -2.49. The third-order valence-electron chi connectivity index (χ3n) is 6.84. The minimum atomic E-state index is -0.719. The number of pyridine rings is 1. The molecule has 2 fully saturated rings. The van der Waals surface area contributed by atoms with Gasteiger partial charge in [-0.1, -0.05) is 49.4 Å². The van der Waals surface area contributed by atoms with Crippen LogP contribution in [0.4, 0.5) is 0 Å². The van der Waals surface area contributed by atoms with Crippen LogP contribution in [-0.4, -0.2) is 42.1 Å². The molecule has 5 rings (SSSR count). The summed E-state index contributed by atoms with van der Waals surface area (Å²) in [4.78, 5) is 18.6. The van der Waals surface area contributed by atoms with Crippen LogP contribution in [0.15, 0.2) is 60.8 Å². The fourth-order valence-electron chi connectivity index (χ4n) is 5.06. The number of hydrogen-bond acceptors (Lipinski definition) is 4. The lowest BCUT2D eigenvalue weighted by atomic mass is 9.83. The standard InChI is InChI=1S/C27H30N2O3/c1-2-26(30)29-15-12-24(13-16-29)27(31-17-4-18-32-27)23-10-8-20(9-11-23)22-7-6-21-5-3-14-28-25(21)19-22/h3,5-11,14,19,24H,2,4,12-13,15-18H2,1H3. The molecule has 0 unspecified atom stereocenters. The number of hydrogen-bond donors (Lipinski definition) is 0. The van der Waals surface area contributed by atoms with Gasteiger partial charge in [0.05, 0.1) is 18.7 Å². The highest BCUT2D eigenvalue weighted by atomic mass is 16.7. The van der Waals surface area contributed by atoms with Gasteiger partial charge < -0.3 is 14.4 Å². The summed E-state index contributed by atoms with van der Waals surface area (Å²) in [6.45, 7) is 4.87. The average molecular weight is 431 g/mol. The van der Waals surface area contributed by atoms with Crippen molar-refractivity contribution in [1.82, 2.24) is 9.88 Å². The number of likely N-dealkylation sites (tertiary alicyclic amines) is 1. The SMILES string of the molecule is CCC(=O)N1CCC(C2(c3ccc(-c4ccc5cccnc5c4)cc3)OCCCO2)CC1. The molecule has 2 aliphatic rings. The molecule has 0 bridgehead atoms. The minimum absolute atomic E-state index is 0.234. The van der Waals surface area contributed by atoms with Crippen LogP contribution >= 0.6 is 0 Å². The largest absolute Gasteiger partial charge is 0.346 e. The molecule has 2 aromatic carbocycles. The molecule has 2 aliphatic heterocycles. The molecule has 0 saturated carbocycles. The molecule has 0 aliphatic carbocycles. The Hall–Kier alpha value is -2.76. The number of carbonyl (C=O) groups is 1. The Morgan fingerprint density at radius 2 is 1.75 bits per heavy atom. The minimum Gasteiger partial charge on any atom is -0.346 e. The Bertz CT molecular complexity index is 1080. The van der Waals surface area contributed by atoms with Crippen LogP contribution in [0.3, 0.4) is 0 Å². The van der Waals surface area contributed by atoms with Crippen LogP contribution in [0.2, 0.25) is 0 Å². The predicted octanol–water partition coefficient (Wildman–Crippen LogP) is 5.14. The van der Waals surface area contributed by atoms with Gasteiger partial charge in [-0.25, -0.2) is 0 Å². The second kappa shape index (κ2) is 9.00. The van der Waals surface area contributed by atoms with E-state index in [0.29, 0.717) is 19.6 Å². The summed E-state index contributed by atoms with van der Waals surface area (Å²) in [5.74, 6) is -0.250. The van der Waals surface area contributed by atoms with Gasteiger partial charge in [-0.3, -0.25) is 9.78 Å². The van der Waals surface area contributed by atoms with Gasteiger partial charge in [0.25, 0.3) is 0 Å². The zero-order valence-corrected chi connectivity index (χ0v) is 18.6. The van der Waals surface area contributed by atoms with E-state index >= 15 is 0 Å². The normalized spacial score (nSPS) is 19.2. The number of fused-ring (bicyclic) bond motifs is 1. The Morgan fingerprint density at radius 1 is 1.03 bits per heavy atom. The molecule has 32 heavy (non-hydrogen) atoms. The molecular formula is C27H30N2O3. The maximum absolute atomic E-state index is 12.1. The van der Waals surface area contributed by atoms with Gasteiger partial charge in [0.2, 0.25) is 5.91 Å². The molecule has 3 aromatic rings. The van der Waals surface area contributed by atoms with E-state index in [-0.39, 0.29) is 11.8 Å². The highest BCUT2D eigenvalue weighted by Crippen LogP contribution is 2.43. The number of piperidine rings is 1. The monoisotopic (exact) mass is 430 g/mol. The molecule has 5 nitrogen and oxygen atoms in total. The van der Waals surface area contributed by atoms with Crippen molar-refractivity contribution in [2.45, 2.75) is 38.4 Å². The molecule has 1 amide bonds. The van der Waals surface area contributed by atoms with Crippen LogP contribution in [0.1, 0.15) is 38.2 Å². The Kier molecular flexibility index (Phi) is 5.94. The van der Waals surface area contributed by atoms with E-state index < -0.39 is 5.79 Å². The van der Waals surface area contributed by atoms with Crippen LogP contribution in [0.5, 0.6) is 0 Å². The third-order valence-corrected chi connectivity index (χ3v) is 6.84. The molecule has 5 heteroatoms. The number of carbonyl (C=O) groups excluding carboxylic acids is 1. The van der Waals surface area contributed by atoms with Gasteiger partial charge in [-0.2, -0.15) is 0 Å². The second-order valence-electron chi connectivity index (χ2n) is 8.71. The van der Waals surface area contributed by atoms with Gasteiger partial charge in [0, 0.05) is 42.6 Å². The van der Waals surface area contributed by atoms with Crippen molar-refractivity contribution < 1.29 is 14.3 Å². The number of benzene rings is 2. The smallest absolute Gasteiger partial charge is 0.222 e. The predicted molar refractivity (Wildman–Crippen MR) is 125 cm³/mol. The number of nitrogens with zero attached hydrogens (tertiary/aromatic N) is 2. The third kappa shape index (κ3) is 3.91. The summed E-state index contributed by atoms with van der Waals surface area (Å²) in [5.41, 5.74) is 4.36. The zero-order chi connectivity index (χ0) is 22.0. The van der Waals surface area contributed by atoms with Crippen molar-refractivity contribution >= 4 is 16.8 Å². The fraction of sp³-hybridized carbons (Fsp3) is 0.407. The van der Waals surface area contributed by atoms with E-state index in [0.717, 1.165) is 59.9 Å². The molecule has 1 aromatic heterocycles. The van der Waals surface area contributed by atoms with Gasteiger partial charge >= 0.3 is 0 Å². The lowest BCUT2D eigenvalue weighted by molar-refractivity contribution is -0.309. The van der Waals surface area contributed by atoms with E-state index in [1.807, 2.05) is 24.1 Å². The first-order chi connectivity index (χ1) is 15.7. The van der Waals surface area contributed by atoms with Gasteiger partial charge in [-0.05, 0) is 42.5 Å². The van der Waals surface area contributed by atoms with Crippen molar-refractivity contribution in [3.8, 4) is 11.1 Å². The summed E-state index contributed by atoms with van der Waals surface area (Å²) in [6, 6.07) is 19.0. The van der Waals surface area contributed by atoms with E-state index in [4.69, 9.17) is 9.47 Å². The van der Waals surface area contributed by atoms with Crippen molar-refractivity contribution in [2.24, 2.45) is 5.92 Å². The Labute approximate surface area is 189 Å². The zero-order valence-electron chi connectivity index (χ0n) is 18.6. The number of ether oxygens (including phenoxy) is 2. The quantitative estimate of drug-likeness (QED) is 0.575. The first-order valence-electron chi connectivity index (χ1n) is 11.7. The molecule has 0 atom stereocenters. The highest BCUT2D eigenvalue weighted by Gasteiger charge is 2.45. The molecular weight excluding hydrogens is 400 g/mol. The molecule has 2 saturated heterocycles. The second-order valence-corrected chi connectivity index (χ2v) is 8.71. The van der Waals surface area contributed by atoms with Crippen molar-refractivity contribution in [1.29, 1.82) is 0 Å². The summed E-state index contributed by atoms with van der Waals surface area (Å²) in [6.07, 6.45) is 5.09. The summed E-state index contributed by atoms with van der Waals surface area (Å²) in [7, 11) is 0. The van der Waals surface area contributed by atoms with Gasteiger partial charge in [0.1, 0.15) is 0 Å². The van der Waals surface area contributed by atoms with Crippen molar-refractivity contribution in [2.75, 3.05) is 26.3 Å². The Morgan fingerprint density at radius 3 is 2.47 bits per heavy atom.